The van der Waals surface area contributed by atoms with Gasteiger partial charge < -0.3 is 21.3 Å². The van der Waals surface area contributed by atoms with Gasteiger partial charge in [0.05, 0.1) is 5.92 Å². The number of halogens is 1. The van der Waals surface area contributed by atoms with E-state index in [2.05, 4.69) is 10.6 Å². The Hall–Kier alpha value is -1.79. The van der Waals surface area contributed by atoms with Crippen LogP contribution in [0.15, 0.2) is 24.3 Å². The predicted octanol–water partition coefficient (Wildman–Crippen LogP) is 2.51. The maximum Gasteiger partial charge on any atom is 0.321 e. The van der Waals surface area contributed by atoms with Crippen molar-refractivity contribution in [2.75, 3.05) is 25.0 Å². The minimum absolute atomic E-state index is 0. The highest BCUT2D eigenvalue weighted by atomic mass is 35.5. The molecule has 4 N–H and O–H groups in total. The van der Waals surface area contributed by atoms with Crippen LogP contribution < -0.4 is 16.4 Å². The van der Waals surface area contributed by atoms with Gasteiger partial charge in [-0.3, -0.25) is 4.79 Å². The van der Waals surface area contributed by atoms with Gasteiger partial charge in [-0.15, -0.1) is 12.4 Å². The molecule has 0 spiro atoms. The summed E-state index contributed by atoms with van der Waals surface area (Å²) in [5, 5.41) is 5.88. The molecule has 1 fully saturated rings. The second-order valence-corrected chi connectivity index (χ2v) is 7.16. The molecule has 2 rings (SSSR count). The van der Waals surface area contributed by atoms with Crippen LogP contribution in [0.3, 0.4) is 0 Å². The van der Waals surface area contributed by atoms with Gasteiger partial charge in [0.15, 0.2) is 0 Å². The first-order valence-corrected chi connectivity index (χ1v) is 8.45. The lowest BCUT2D eigenvalue weighted by atomic mass is 9.95. The fourth-order valence-corrected chi connectivity index (χ4v) is 2.79. The van der Waals surface area contributed by atoms with Crippen molar-refractivity contribution in [3.63, 3.8) is 0 Å². The first-order chi connectivity index (χ1) is 11.3. The molecule has 140 valence electrons. The number of carbonyl (C=O) groups is 2. The summed E-state index contributed by atoms with van der Waals surface area (Å²) in [6.45, 7) is 7.26. The van der Waals surface area contributed by atoms with Crippen LogP contribution >= 0.6 is 12.4 Å². The number of hydrogen-bond donors (Lipinski definition) is 3. The zero-order valence-electron chi connectivity index (χ0n) is 15.2. The number of amides is 3. The fourth-order valence-electron chi connectivity index (χ4n) is 2.79. The monoisotopic (exact) mass is 368 g/mol. The van der Waals surface area contributed by atoms with Crippen molar-refractivity contribution >= 4 is 30.0 Å². The van der Waals surface area contributed by atoms with Gasteiger partial charge in [0.1, 0.15) is 0 Å². The fraction of sp³-hybridized carbons (Fsp3) is 0.556. The Balaban J connectivity index is 0.00000312. The number of carbonyl (C=O) groups excluding carboxylic acids is 2. The Bertz CT molecular complexity index is 606. The largest absolute Gasteiger partial charge is 0.350 e. The molecule has 3 amide bonds. The van der Waals surface area contributed by atoms with Gasteiger partial charge in [-0.2, -0.15) is 0 Å². The summed E-state index contributed by atoms with van der Waals surface area (Å²) in [7, 11) is 0. The lowest BCUT2D eigenvalue weighted by Crippen LogP contribution is -2.54. The number of piperidine rings is 1. The minimum atomic E-state index is -0.427. The molecule has 25 heavy (non-hydrogen) atoms. The van der Waals surface area contributed by atoms with Gasteiger partial charge in [-0.25, -0.2) is 4.79 Å². The number of aryl methyl sites for hydroxylation is 1. The van der Waals surface area contributed by atoms with E-state index in [0.717, 1.165) is 24.1 Å². The molecule has 1 unspecified atom stereocenters. The lowest BCUT2D eigenvalue weighted by Gasteiger charge is -2.34. The van der Waals surface area contributed by atoms with Crippen LogP contribution in [0.2, 0.25) is 0 Å². The Kier molecular flexibility index (Phi) is 7.70. The summed E-state index contributed by atoms with van der Waals surface area (Å²) in [6.07, 6.45) is 1.61. The molecule has 0 saturated carbocycles. The zero-order chi connectivity index (χ0) is 17.7. The number of anilines is 1. The first-order valence-electron chi connectivity index (χ1n) is 8.45. The zero-order valence-corrected chi connectivity index (χ0v) is 16.0. The van der Waals surface area contributed by atoms with Gasteiger partial charge in [-0.1, -0.05) is 12.1 Å². The average molecular weight is 369 g/mol. The average Bonchev–Trinajstić information content (AvgIpc) is 2.54. The van der Waals surface area contributed by atoms with Gasteiger partial charge in [-0.05, 0) is 51.3 Å². The second kappa shape index (κ2) is 9.06. The molecule has 1 atom stereocenters. The van der Waals surface area contributed by atoms with Gasteiger partial charge >= 0.3 is 6.03 Å². The number of nitrogens with two attached hydrogens (primary N) is 1. The first kappa shape index (κ1) is 21.3. The van der Waals surface area contributed by atoms with E-state index in [1.54, 1.807) is 4.90 Å². The molecule has 6 nitrogen and oxygen atoms in total. The standard InChI is InChI=1S/C18H28N4O2.ClH/c1-13-6-4-8-15(10-13)20-17(24)22-9-5-7-14(11-22)16(23)21-18(2,3)12-19;/h4,6,8,10,14H,5,7,9,11-12,19H2,1-3H3,(H,20,24)(H,21,23);1H. The molecular formula is C18H29ClN4O2. The topological polar surface area (TPSA) is 87.5 Å². The summed E-state index contributed by atoms with van der Waals surface area (Å²) in [5.41, 5.74) is 7.11. The number of nitrogens with zero attached hydrogens (tertiary/aromatic N) is 1. The molecule has 0 aliphatic carbocycles. The van der Waals surface area contributed by atoms with Crippen LogP contribution in [0.4, 0.5) is 10.5 Å². The minimum Gasteiger partial charge on any atom is -0.350 e. The maximum absolute atomic E-state index is 12.5. The second-order valence-electron chi connectivity index (χ2n) is 7.16. The molecule has 1 aromatic carbocycles. The number of nitrogens with one attached hydrogen (secondary N) is 2. The van der Waals surface area contributed by atoms with Crippen molar-refractivity contribution < 1.29 is 9.59 Å². The van der Waals surface area contributed by atoms with Crippen molar-refractivity contribution in [1.82, 2.24) is 10.2 Å². The van der Waals surface area contributed by atoms with E-state index in [4.69, 9.17) is 5.73 Å². The molecule has 1 aliphatic rings. The molecule has 1 heterocycles. The molecule has 7 heteroatoms. The SMILES string of the molecule is Cc1cccc(NC(=O)N2CCCC(C(=O)NC(C)(C)CN)C2)c1.Cl. The molecule has 1 aromatic rings. The predicted molar refractivity (Wildman–Crippen MR) is 103 cm³/mol. The van der Waals surface area contributed by atoms with Crippen LogP contribution in [0.5, 0.6) is 0 Å². The van der Waals surface area contributed by atoms with E-state index in [1.807, 2.05) is 45.0 Å². The van der Waals surface area contributed by atoms with Gasteiger partial charge in [0, 0.05) is 30.9 Å². The normalized spacial score (nSPS) is 17.4. The van der Waals surface area contributed by atoms with Crippen molar-refractivity contribution in [3.8, 4) is 0 Å². The molecule has 0 radical (unpaired) electrons. The lowest BCUT2D eigenvalue weighted by molar-refractivity contribution is -0.127. The number of hydrogen-bond acceptors (Lipinski definition) is 3. The number of urea groups is 1. The van der Waals surface area contributed by atoms with E-state index in [9.17, 15) is 9.59 Å². The summed E-state index contributed by atoms with van der Waals surface area (Å²) < 4.78 is 0. The summed E-state index contributed by atoms with van der Waals surface area (Å²) in [4.78, 5) is 26.6. The Labute approximate surface area is 155 Å². The van der Waals surface area contributed by atoms with Crippen LogP contribution in [-0.2, 0) is 4.79 Å². The van der Waals surface area contributed by atoms with Crippen LogP contribution in [0, 0.1) is 12.8 Å². The maximum atomic E-state index is 12.5. The Morgan fingerprint density at radius 2 is 2.08 bits per heavy atom. The van der Waals surface area contributed by atoms with Crippen LogP contribution in [0.1, 0.15) is 32.3 Å². The smallest absolute Gasteiger partial charge is 0.321 e. The Morgan fingerprint density at radius 1 is 1.36 bits per heavy atom. The third-order valence-corrected chi connectivity index (χ3v) is 4.32. The number of rotatable bonds is 4. The van der Waals surface area contributed by atoms with E-state index >= 15 is 0 Å². The molecule has 1 aliphatic heterocycles. The van der Waals surface area contributed by atoms with E-state index in [0.29, 0.717) is 19.6 Å². The molecule has 1 saturated heterocycles. The highest BCUT2D eigenvalue weighted by Crippen LogP contribution is 2.19. The van der Waals surface area contributed by atoms with Crippen molar-refractivity contribution in [2.45, 2.75) is 39.2 Å². The van der Waals surface area contributed by atoms with Gasteiger partial charge in [0.2, 0.25) is 5.91 Å². The Morgan fingerprint density at radius 3 is 2.72 bits per heavy atom. The van der Waals surface area contributed by atoms with E-state index < -0.39 is 5.54 Å². The van der Waals surface area contributed by atoms with Crippen molar-refractivity contribution in [3.05, 3.63) is 29.8 Å². The highest BCUT2D eigenvalue weighted by Gasteiger charge is 2.30. The number of likely N-dealkylation sites (tertiary alicyclic amines) is 1. The molecule has 0 bridgehead atoms. The third kappa shape index (κ3) is 6.21. The quantitative estimate of drug-likeness (QED) is 0.763. The van der Waals surface area contributed by atoms with E-state index in [-0.39, 0.29) is 30.3 Å². The molecular weight excluding hydrogens is 340 g/mol. The van der Waals surface area contributed by atoms with E-state index in [1.165, 1.54) is 0 Å². The third-order valence-electron chi connectivity index (χ3n) is 4.32. The van der Waals surface area contributed by atoms with Crippen molar-refractivity contribution in [1.29, 1.82) is 0 Å². The summed E-state index contributed by atoms with van der Waals surface area (Å²) >= 11 is 0. The van der Waals surface area contributed by atoms with Crippen molar-refractivity contribution in [2.24, 2.45) is 11.7 Å². The molecule has 0 aromatic heterocycles. The van der Waals surface area contributed by atoms with Crippen LogP contribution in [0.25, 0.3) is 0 Å². The number of benzene rings is 1. The van der Waals surface area contributed by atoms with Gasteiger partial charge in [0.25, 0.3) is 0 Å². The highest BCUT2D eigenvalue weighted by molar-refractivity contribution is 5.90. The summed E-state index contributed by atoms with van der Waals surface area (Å²) in [6, 6.07) is 7.53. The summed E-state index contributed by atoms with van der Waals surface area (Å²) in [5.74, 6) is -0.216. The van der Waals surface area contributed by atoms with Crippen LogP contribution in [-0.4, -0.2) is 42.0 Å².